The molecule has 2 N–H and O–H groups in total. The Kier molecular flexibility index (Phi) is 3.92. The fraction of sp³-hybridized carbons (Fsp3) is 0.500. The average molecular weight is 288 g/mol. The van der Waals surface area contributed by atoms with Gasteiger partial charge < -0.3 is 15.3 Å². The van der Waals surface area contributed by atoms with Crippen LogP contribution in [0.4, 0.5) is 0 Å². The first-order chi connectivity index (χ1) is 10.1. The maximum Gasteiger partial charge on any atom is 0.335 e. The second kappa shape index (κ2) is 5.85. The molecule has 5 heteroatoms. The predicted molar refractivity (Wildman–Crippen MR) is 78.1 cm³/mol. The number of hydrogen-bond donors (Lipinski definition) is 2. The topological polar surface area (TPSA) is 69.6 Å². The molecule has 21 heavy (non-hydrogen) atoms. The summed E-state index contributed by atoms with van der Waals surface area (Å²) in [5, 5.41) is 12.3. The number of amides is 1. The third-order valence-electron chi connectivity index (χ3n) is 4.47. The summed E-state index contributed by atoms with van der Waals surface area (Å²) in [6.07, 6.45) is 2.61. The number of hydrogen-bond acceptors (Lipinski definition) is 3. The van der Waals surface area contributed by atoms with Gasteiger partial charge in [0.15, 0.2) is 0 Å². The van der Waals surface area contributed by atoms with Crippen LogP contribution in [-0.2, 0) is 17.8 Å². The standard InChI is InChI=1S/C16H20N2O3/c19-15(12-3-6-17-7-4-12)18-8-5-11-1-2-13(16(20)21)9-14(11)10-18/h1-2,9,12,17H,3-8,10H2,(H,20,21). The number of benzene rings is 1. The van der Waals surface area contributed by atoms with Crippen molar-refractivity contribution in [1.29, 1.82) is 0 Å². The molecule has 3 rings (SSSR count). The van der Waals surface area contributed by atoms with Crippen molar-refractivity contribution in [2.45, 2.75) is 25.8 Å². The Morgan fingerprint density at radius 2 is 1.95 bits per heavy atom. The molecule has 1 aromatic carbocycles. The first kappa shape index (κ1) is 14.1. The maximum atomic E-state index is 12.6. The van der Waals surface area contributed by atoms with Crippen LogP contribution in [0.1, 0.15) is 34.3 Å². The van der Waals surface area contributed by atoms with Crippen LogP contribution in [0, 0.1) is 5.92 Å². The molecule has 0 aromatic heterocycles. The van der Waals surface area contributed by atoms with Gasteiger partial charge in [-0.05, 0) is 55.6 Å². The Bertz CT molecular complexity index is 565. The van der Waals surface area contributed by atoms with Crippen molar-refractivity contribution in [3.63, 3.8) is 0 Å². The van der Waals surface area contributed by atoms with Crippen LogP contribution in [0.3, 0.4) is 0 Å². The molecule has 1 saturated heterocycles. The van der Waals surface area contributed by atoms with E-state index in [9.17, 15) is 9.59 Å². The van der Waals surface area contributed by atoms with Gasteiger partial charge in [-0.25, -0.2) is 4.79 Å². The second-order valence-electron chi connectivity index (χ2n) is 5.82. The molecule has 2 aliphatic rings. The van der Waals surface area contributed by atoms with E-state index in [-0.39, 0.29) is 11.8 Å². The van der Waals surface area contributed by atoms with Crippen LogP contribution in [0.15, 0.2) is 18.2 Å². The minimum atomic E-state index is -0.917. The second-order valence-corrected chi connectivity index (χ2v) is 5.82. The third-order valence-corrected chi connectivity index (χ3v) is 4.47. The normalized spacial score (nSPS) is 19.1. The Morgan fingerprint density at radius 1 is 1.19 bits per heavy atom. The van der Waals surface area contributed by atoms with E-state index < -0.39 is 5.97 Å². The Hall–Kier alpha value is -1.88. The lowest BCUT2D eigenvalue weighted by Crippen LogP contribution is -2.43. The molecule has 112 valence electrons. The monoisotopic (exact) mass is 288 g/mol. The highest BCUT2D eigenvalue weighted by Crippen LogP contribution is 2.24. The lowest BCUT2D eigenvalue weighted by Gasteiger charge is -2.33. The van der Waals surface area contributed by atoms with E-state index in [2.05, 4.69) is 5.32 Å². The van der Waals surface area contributed by atoms with E-state index in [1.54, 1.807) is 12.1 Å². The molecular formula is C16H20N2O3. The summed E-state index contributed by atoms with van der Waals surface area (Å²) < 4.78 is 0. The summed E-state index contributed by atoms with van der Waals surface area (Å²) in [5.41, 5.74) is 2.43. The third kappa shape index (κ3) is 2.93. The van der Waals surface area contributed by atoms with Crippen LogP contribution in [-0.4, -0.2) is 41.5 Å². The minimum Gasteiger partial charge on any atom is -0.478 e. The number of nitrogens with one attached hydrogen (secondary N) is 1. The van der Waals surface area contributed by atoms with Crippen molar-refractivity contribution in [1.82, 2.24) is 10.2 Å². The highest BCUT2D eigenvalue weighted by atomic mass is 16.4. The number of aromatic carboxylic acids is 1. The lowest BCUT2D eigenvalue weighted by molar-refractivity contribution is -0.137. The zero-order valence-electron chi connectivity index (χ0n) is 12.0. The van der Waals surface area contributed by atoms with E-state index in [4.69, 9.17) is 5.11 Å². The molecule has 0 bridgehead atoms. The molecule has 2 aliphatic heterocycles. The number of piperidine rings is 1. The maximum absolute atomic E-state index is 12.6. The van der Waals surface area contributed by atoms with Gasteiger partial charge in [-0.2, -0.15) is 0 Å². The first-order valence-corrected chi connectivity index (χ1v) is 7.50. The van der Waals surface area contributed by atoms with Crippen molar-refractivity contribution >= 4 is 11.9 Å². The fourth-order valence-corrected chi connectivity index (χ4v) is 3.21. The molecule has 1 amide bonds. The van der Waals surface area contributed by atoms with Gasteiger partial charge in [0.1, 0.15) is 0 Å². The number of nitrogens with zero attached hydrogens (tertiary/aromatic N) is 1. The molecule has 0 radical (unpaired) electrons. The van der Waals surface area contributed by atoms with Crippen LogP contribution in [0.5, 0.6) is 0 Å². The number of carboxylic acids is 1. The molecule has 5 nitrogen and oxygen atoms in total. The molecule has 0 aliphatic carbocycles. The molecular weight excluding hydrogens is 268 g/mol. The number of rotatable bonds is 2. The summed E-state index contributed by atoms with van der Waals surface area (Å²) in [6, 6.07) is 5.23. The molecule has 1 aromatic rings. The van der Waals surface area contributed by atoms with Gasteiger partial charge in [0.05, 0.1) is 5.56 Å². The zero-order chi connectivity index (χ0) is 14.8. The Labute approximate surface area is 123 Å². The van der Waals surface area contributed by atoms with Gasteiger partial charge in [-0.3, -0.25) is 4.79 Å². The van der Waals surface area contributed by atoms with Gasteiger partial charge in [0.2, 0.25) is 5.91 Å². The summed E-state index contributed by atoms with van der Waals surface area (Å²) >= 11 is 0. The number of carboxylic acid groups (broad SMARTS) is 1. The van der Waals surface area contributed by atoms with E-state index in [1.165, 1.54) is 0 Å². The lowest BCUT2D eigenvalue weighted by atomic mass is 9.93. The number of carbonyl (C=O) groups excluding carboxylic acids is 1. The summed E-state index contributed by atoms with van der Waals surface area (Å²) in [6.45, 7) is 3.09. The predicted octanol–water partition coefficient (Wildman–Crippen LogP) is 1.27. The average Bonchev–Trinajstić information content (AvgIpc) is 2.54. The number of carbonyl (C=O) groups is 2. The van der Waals surface area contributed by atoms with Gasteiger partial charge >= 0.3 is 5.97 Å². The zero-order valence-corrected chi connectivity index (χ0v) is 12.0. The summed E-state index contributed by atoms with van der Waals surface area (Å²) in [7, 11) is 0. The molecule has 1 fully saturated rings. The molecule has 0 saturated carbocycles. The highest BCUT2D eigenvalue weighted by molar-refractivity contribution is 5.88. The van der Waals surface area contributed by atoms with Crippen molar-refractivity contribution in [2.75, 3.05) is 19.6 Å². The van der Waals surface area contributed by atoms with Gasteiger partial charge in [0, 0.05) is 19.0 Å². The largest absolute Gasteiger partial charge is 0.478 e. The molecule has 2 heterocycles. The Balaban J connectivity index is 1.75. The van der Waals surface area contributed by atoms with Crippen molar-refractivity contribution < 1.29 is 14.7 Å². The quantitative estimate of drug-likeness (QED) is 0.860. The van der Waals surface area contributed by atoms with E-state index in [0.29, 0.717) is 12.1 Å². The van der Waals surface area contributed by atoms with Crippen LogP contribution < -0.4 is 5.32 Å². The van der Waals surface area contributed by atoms with Crippen LogP contribution >= 0.6 is 0 Å². The van der Waals surface area contributed by atoms with Gasteiger partial charge in [-0.1, -0.05) is 6.07 Å². The first-order valence-electron chi connectivity index (χ1n) is 7.50. The van der Waals surface area contributed by atoms with E-state index >= 15 is 0 Å². The SMILES string of the molecule is O=C(O)c1ccc2c(c1)CN(C(=O)C1CCNCC1)CC2. The fourth-order valence-electron chi connectivity index (χ4n) is 3.21. The van der Waals surface area contributed by atoms with Gasteiger partial charge in [0.25, 0.3) is 0 Å². The minimum absolute atomic E-state index is 0.121. The molecule has 0 spiro atoms. The Morgan fingerprint density at radius 3 is 2.67 bits per heavy atom. The number of fused-ring (bicyclic) bond motifs is 1. The van der Waals surface area contributed by atoms with Crippen molar-refractivity contribution in [3.05, 3.63) is 34.9 Å². The summed E-state index contributed by atoms with van der Waals surface area (Å²) in [5.74, 6) is -0.571. The summed E-state index contributed by atoms with van der Waals surface area (Å²) in [4.78, 5) is 25.5. The highest BCUT2D eigenvalue weighted by Gasteiger charge is 2.28. The van der Waals surface area contributed by atoms with Crippen molar-refractivity contribution in [3.8, 4) is 0 Å². The van der Waals surface area contributed by atoms with E-state index in [1.807, 2.05) is 11.0 Å². The van der Waals surface area contributed by atoms with Crippen molar-refractivity contribution in [2.24, 2.45) is 5.92 Å². The molecule has 0 unspecified atom stereocenters. The molecule has 0 atom stereocenters. The van der Waals surface area contributed by atoms with Crippen LogP contribution in [0.2, 0.25) is 0 Å². The van der Waals surface area contributed by atoms with Crippen LogP contribution in [0.25, 0.3) is 0 Å². The smallest absolute Gasteiger partial charge is 0.335 e. The van der Waals surface area contributed by atoms with E-state index in [0.717, 1.165) is 50.0 Å². The van der Waals surface area contributed by atoms with Gasteiger partial charge in [-0.15, -0.1) is 0 Å².